The maximum Gasteiger partial charge on any atom is 0.174 e. The normalized spacial score (nSPS) is 11.2. The quantitative estimate of drug-likeness (QED) is 0.685. The highest BCUT2D eigenvalue weighted by Gasteiger charge is 2.10. The highest BCUT2D eigenvalue weighted by Crippen LogP contribution is 2.27. The molecular formula is C16H21O. The molecule has 0 bridgehead atoms. The Labute approximate surface area is 104 Å². The first-order valence-corrected chi connectivity index (χ1v) is 6.77. The maximum absolute atomic E-state index is 5.54. The van der Waals surface area contributed by atoms with Crippen molar-refractivity contribution >= 4 is 11.0 Å². The Morgan fingerprint density at radius 2 is 1.82 bits per heavy atom. The van der Waals surface area contributed by atoms with Gasteiger partial charge < -0.3 is 4.42 Å². The van der Waals surface area contributed by atoms with Crippen molar-refractivity contribution in [2.24, 2.45) is 0 Å². The molecule has 0 aliphatic carbocycles. The van der Waals surface area contributed by atoms with E-state index in [-0.39, 0.29) is 0 Å². The Bertz CT molecular complexity index is 467. The molecule has 1 aromatic heterocycles. The van der Waals surface area contributed by atoms with Gasteiger partial charge in [0.05, 0.1) is 0 Å². The van der Waals surface area contributed by atoms with Gasteiger partial charge in [-0.3, -0.25) is 0 Å². The number of rotatable bonds is 6. The van der Waals surface area contributed by atoms with Crippen molar-refractivity contribution in [3.63, 3.8) is 0 Å². The van der Waals surface area contributed by atoms with E-state index < -0.39 is 0 Å². The molecule has 0 N–H and O–H groups in total. The molecule has 1 heteroatoms. The summed E-state index contributed by atoms with van der Waals surface area (Å²) in [5.41, 5.74) is 3.71. The lowest BCUT2D eigenvalue weighted by Crippen LogP contribution is -1.89. The summed E-state index contributed by atoms with van der Waals surface area (Å²) in [6.45, 7) is 4.46. The Balaban J connectivity index is 2.33. The van der Waals surface area contributed by atoms with Crippen LogP contribution in [0.2, 0.25) is 0 Å². The number of aryl methyl sites for hydroxylation is 2. The first-order valence-electron chi connectivity index (χ1n) is 6.77. The molecule has 0 aliphatic rings. The van der Waals surface area contributed by atoms with Gasteiger partial charge in [0.25, 0.3) is 0 Å². The number of fused-ring (bicyclic) bond motifs is 1. The number of benzene rings is 1. The topological polar surface area (TPSA) is 13.1 Å². The minimum atomic E-state index is 1.00. The van der Waals surface area contributed by atoms with Crippen LogP contribution in [0.25, 0.3) is 11.0 Å². The van der Waals surface area contributed by atoms with Crippen molar-refractivity contribution in [2.75, 3.05) is 0 Å². The molecule has 0 saturated heterocycles. The second kappa shape index (κ2) is 5.90. The summed E-state index contributed by atoms with van der Waals surface area (Å²) in [5.74, 6) is 0. The Hall–Kier alpha value is -1.24. The molecule has 0 unspecified atom stereocenters. The van der Waals surface area contributed by atoms with E-state index in [1.54, 1.807) is 0 Å². The minimum absolute atomic E-state index is 1.00. The molecule has 1 aromatic carbocycles. The maximum atomic E-state index is 5.54. The van der Waals surface area contributed by atoms with Crippen molar-refractivity contribution in [3.05, 3.63) is 35.6 Å². The number of unbranched alkanes of at least 4 members (excludes halogenated alkanes) is 2. The van der Waals surface area contributed by atoms with Gasteiger partial charge in [0.1, 0.15) is 5.58 Å². The molecule has 17 heavy (non-hydrogen) atoms. The van der Waals surface area contributed by atoms with Crippen LogP contribution in [0.5, 0.6) is 0 Å². The third kappa shape index (κ3) is 2.71. The Kier molecular flexibility index (Phi) is 4.24. The van der Waals surface area contributed by atoms with E-state index in [1.165, 1.54) is 42.2 Å². The second-order valence-electron chi connectivity index (χ2n) is 4.68. The zero-order chi connectivity index (χ0) is 12.1. The van der Waals surface area contributed by atoms with E-state index in [0.29, 0.717) is 0 Å². The van der Waals surface area contributed by atoms with Gasteiger partial charge in [-0.1, -0.05) is 38.8 Å². The fourth-order valence-electron chi connectivity index (χ4n) is 2.28. The van der Waals surface area contributed by atoms with Crippen LogP contribution < -0.4 is 0 Å². The summed E-state index contributed by atoms with van der Waals surface area (Å²) in [6.07, 6.45) is 10.3. The highest BCUT2D eigenvalue weighted by molar-refractivity contribution is 5.84. The van der Waals surface area contributed by atoms with Crippen molar-refractivity contribution in [1.82, 2.24) is 0 Å². The van der Waals surface area contributed by atoms with Gasteiger partial charge in [-0.2, -0.15) is 0 Å². The van der Waals surface area contributed by atoms with E-state index in [0.717, 1.165) is 18.4 Å². The molecule has 91 valence electrons. The smallest absolute Gasteiger partial charge is 0.174 e. The lowest BCUT2D eigenvalue weighted by atomic mass is 9.99. The molecule has 2 rings (SSSR count). The van der Waals surface area contributed by atoms with Crippen LogP contribution in [-0.4, -0.2) is 0 Å². The van der Waals surface area contributed by atoms with Crippen LogP contribution in [0.3, 0.4) is 0 Å². The second-order valence-corrected chi connectivity index (χ2v) is 4.68. The molecule has 0 spiro atoms. The summed E-state index contributed by atoms with van der Waals surface area (Å²) in [4.78, 5) is 0. The standard InChI is InChI=1S/C16H21O/c1-3-5-8-13-10-7-11-15-16(13)14(12-17-15)9-6-4-2/h7,10-11H,3-6,8-9H2,1-2H3. The Morgan fingerprint density at radius 3 is 2.59 bits per heavy atom. The van der Waals surface area contributed by atoms with Gasteiger partial charge in [0.15, 0.2) is 6.26 Å². The summed E-state index contributed by atoms with van der Waals surface area (Å²) in [6, 6.07) is 6.38. The van der Waals surface area contributed by atoms with Crippen LogP contribution in [-0.2, 0) is 12.8 Å². The first kappa shape index (κ1) is 12.2. The van der Waals surface area contributed by atoms with Crippen LogP contribution in [0.1, 0.15) is 50.7 Å². The lowest BCUT2D eigenvalue weighted by molar-refractivity contribution is 0.598. The van der Waals surface area contributed by atoms with Crippen molar-refractivity contribution < 1.29 is 4.42 Å². The predicted octanol–water partition coefficient (Wildman–Crippen LogP) is 4.92. The highest BCUT2D eigenvalue weighted by atomic mass is 16.3. The number of furan rings is 1. The zero-order valence-electron chi connectivity index (χ0n) is 10.9. The van der Waals surface area contributed by atoms with Gasteiger partial charge in [0.2, 0.25) is 0 Å². The SMILES string of the molecule is CCCCc1[c]oc2cccc(CCCC)c12. The van der Waals surface area contributed by atoms with Crippen molar-refractivity contribution in [3.8, 4) is 0 Å². The van der Waals surface area contributed by atoms with Gasteiger partial charge >= 0.3 is 0 Å². The van der Waals surface area contributed by atoms with Crippen molar-refractivity contribution in [1.29, 1.82) is 0 Å². The van der Waals surface area contributed by atoms with Gasteiger partial charge in [-0.15, -0.1) is 0 Å². The monoisotopic (exact) mass is 229 g/mol. The third-order valence-corrected chi connectivity index (χ3v) is 3.28. The fraction of sp³-hybridized carbons (Fsp3) is 0.500. The van der Waals surface area contributed by atoms with Gasteiger partial charge in [-0.25, -0.2) is 0 Å². The molecule has 2 aromatic rings. The lowest BCUT2D eigenvalue weighted by Gasteiger charge is -2.04. The van der Waals surface area contributed by atoms with Crippen LogP contribution in [0.15, 0.2) is 22.6 Å². The number of hydrogen-bond acceptors (Lipinski definition) is 1. The van der Waals surface area contributed by atoms with Gasteiger partial charge in [-0.05, 0) is 37.3 Å². The van der Waals surface area contributed by atoms with E-state index >= 15 is 0 Å². The van der Waals surface area contributed by atoms with Crippen molar-refractivity contribution in [2.45, 2.75) is 52.4 Å². The average Bonchev–Trinajstić information content (AvgIpc) is 2.77. The predicted molar refractivity (Wildman–Crippen MR) is 72.3 cm³/mol. The summed E-state index contributed by atoms with van der Waals surface area (Å²) in [7, 11) is 0. The molecular weight excluding hydrogens is 208 g/mol. The molecule has 1 radical (unpaired) electrons. The molecule has 0 saturated carbocycles. The van der Waals surface area contributed by atoms with E-state index in [9.17, 15) is 0 Å². The fourth-order valence-corrected chi connectivity index (χ4v) is 2.28. The molecule has 0 aliphatic heterocycles. The van der Waals surface area contributed by atoms with Crippen LogP contribution >= 0.6 is 0 Å². The molecule has 0 fully saturated rings. The number of hydrogen-bond donors (Lipinski definition) is 0. The summed E-state index contributed by atoms with van der Waals surface area (Å²) in [5, 5.41) is 1.33. The minimum Gasteiger partial charge on any atom is -0.452 e. The molecule has 1 nitrogen and oxygen atoms in total. The van der Waals surface area contributed by atoms with E-state index in [1.807, 2.05) is 0 Å². The van der Waals surface area contributed by atoms with Crippen LogP contribution in [0.4, 0.5) is 0 Å². The largest absolute Gasteiger partial charge is 0.452 e. The van der Waals surface area contributed by atoms with E-state index in [4.69, 9.17) is 4.42 Å². The average molecular weight is 229 g/mol. The van der Waals surface area contributed by atoms with Crippen LogP contribution in [0, 0.1) is 6.26 Å². The van der Waals surface area contributed by atoms with E-state index in [2.05, 4.69) is 38.3 Å². The molecule has 0 amide bonds. The first-order chi connectivity index (χ1) is 8.36. The molecule has 0 atom stereocenters. The zero-order valence-corrected chi connectivity index (χ0v) is 10.9. The Morgan fingerprint density at radius 1 is 1.06 bits per heavy atom. The third-order valence-electron chi connectivity index (χ3n) is 3.28. The van der Waals surface area contributed by atoms with Gasteiger partial charge in [0, 0.05) is 10.9 Å². The summed E-state index contributed by atoms with van der Waals surface area (Å²) < 4.78 is 5.54. The summed E-state index contributed by atoms with van der Waals surface area (Å²) >= 11 is 0. The molecule has 1 heterocycles.